The monoisotopic (exact) mass is 303 g/mol. The Hall–Kier alpha value is -1.81. The molecule has 22 heavy (non-hydrogen) atoms. The Labute approximate surface area is 132 Å². The summed E-state index contributed by atoms with van der Waals surface area (Å²) in [5.74, 6) is 0.255. The van der Waals surface area contributed by atoms with E-state index in [1.54, 1.807) is 0 Å². The van der Waals surface area contributed by atoms with Crippen molar-refractivity contribution in [2.45, 2.75) is 45.4 Å². The van der Waals surface area contributed by atoms with Gasteiger partial charge in [0.05, 0.1) is 12.1 Å². The van der Waals surface area contributed by atoms with Crippen LogP contribution in [0.25, 0.3) is 0 Å². The molecule has 0 aliphatic heterocycles. The number of amides is 1. The van der Waals surface area contributed by atoms with Crippen LogP contribution in [0.4, 0.5) is 4.79 Å². The zero-order valence-corrected chi connectivity index (χ0v) is 13.3. The van der Waals surface area contributed by atoms with Crippen molar-refractivity contribution >= 4 is 6.09 Å². The highest BCUT2D eigenvalue weighted by molar-refractivity contribution is 5.67. The average molecular weight is 303 g/mol. The molecule has 1 fully saturated rings. The maximum Gasteiger partial charge on any atom is 0.407 e. The highest BCUT2D eigenvalue weighted by Gasteiger charge is 2.37. The smallest absolute Gasteiger partial charge is 0.407 e. The van der Waals surface area contributed by atoms with Crippen LogP contribution in [-0.4, -0.2) is 23.3 Å². The van der Waals surface area contributed by atoms with Gasteiger partial charge in [0.15, 0.2) is 0 Å². The largest absolute Gasteiger partial charge is 0.445 e. The number of carbonyl (C=O) groups excluding carboxylic acids is 1. The fraction of sp³-hybridized carbons (Fsp3) is 0.500. The minimum Gasteiger partial charge on any atom is -0.445 e. The van der Waals surface area contributed by atoms with E-state index in [2.05, 4.69) is 11.9 Å². The molecular formula is C18H25NO3. The van der Waals surface area contributed by atoms with Crippen molar-refractivity contribution < 1.29 is 14.6 Å². The molecule has 2 N–H and O–H groups in total. The molecule has 1 saturated carbocycles. The quantitative estimate of drug-likeness (QED) is 0.839. The number of hydrogen-bond acceptors (Lipinski definition) is 3. The van der Waals surface area contributed by atoms with E-state index in [1.807, 2.05) is 44.2 Å². The fourth-order valence-electron chi connectivity index (χ4n) is 3.05. The van der Waals surface area contributed by atoms with E-state index in [-0.39, 0.29) is 24.5 Å². The van der Waals surface area contributed by atoms with Gasteiger partial charge in [0.25, 0.3) is 0 Å². The Kier molecular flexibility index (Phi) is 5.61. The molecule has 0 bridgehead atoms. The lowest BCUT2D eigenvalue weighted by atomic mass is 9.74. The third-order valence-corrected chi connectivity index (χ3v) is 4.46. The minimum atomic E-state index is -0.606. The van der Waals surface area contributed by atoms with Crippen LogP contribution in [-0.2, 0) is 11.3 Å². The molecular weight excluding hydrogens is 278 g/mol. The maximum absolute atomic E-state index is 12.0. The second-order valence-electron chi connectivity index (χ2n) is 6.23. The van der Waals surface area contributed by atoms with Crippen molar-refractivity contribution in [3.63, 3.8) is 0 Å². The van der Waals surface area contributed by atoms with Crippen molar-refractivity contribution in [1.29, 1.82) is 0 Å². The molecule has 0 heterocycles. The third-order valence-electron chi connectivity index (χ3n) is 4.46. The van der Waals surface area contributed by atoms with Gasteiger partial charge in [0.2, 0.25) is 0 Å². The van der Waals surface area contributed by atoms with Gasteiger partial charge in [-0.2, -0.15) is 0 Å². The van der Waals surface area contributed by atoms with Crippen LogP contribution in [0.5, 0.6) is 0 Å². The number of alkyl carbamates (subject to hydrolysis) is 1. The molecule has 4 nitrogen and oxygen atoms in total. The molecule has 2 rings (SSSR count). The minimum absolute atomic E-state index is 0.0376. The number of benzene rings is 1. The molecule has 1 aliphatic rings. The standard InChI is InChI=1S/C18H25NO3/c1-12(2)15-10-9-13(3)16(17(15)20)19-18(21)22-11-14-7-5-4-6-8-14/h4-8,13,15-17,20H,1,9-11H2,2-3H3,(H,19,21)/t13-,15+,16+,17+/m0/s1. The van der Waals surface area contributed by atoms with Gasteiger partial charge in [-0.15, -0.1) is 0 Å². The molecule has 0 aromatic heterocycles. The van der Waals surface area contributed by atoms with Crippen molar-refractivity contribution in [3.8, 4) is 0 Å². The molecule has 1 aromatic rings. The Morgan fingerprint density at radius 2 is 2.05 bits per heavy atom. The Morgan fingerprint density at radius 3 is 2.68 bits per heavy atom. The van der Waals surface area contributed by atoms with Crippen molar-refractivity contribution in [2.75, 3.05) is 0 Å². The fourth-order valence-corrected chi connectivity index (χ4v) is 3.05. The SMILES string of the molecule is C=C(C)[C@H]1CC[C@H](C)[C@@H](NC(=O)OCc2ccccc2)[C@@H]1O. The van der Waals surface area contributed by atoms with Gasteiger partial charge in [-0.3, -0.25) is 0 Å². The normalized spacial score (nSPS) is 28.0. The molecule has 1 aliphatic carbocycles. The van der Waals surface area contributed by atoms with Gasteiger partial charge in [-0.25, -0.2) is 4.79 Å². The van der Waals surface area contributed by atoms with E-state index in [4.69, 9.17) is 4.74 Å². The van der Waals surface area contributed by atoms with Crippen LogP contribution >= 0.6 is 0 Å². The number of rotatable bonds is 4. The van der Waals surface area contributed by atoms with Gasteiger partial charge in [0.1, 0.15) is 6.61 Å². The summed E-state index contributed by atoms with van der Waals surface area (Å²) >= 11 is 0. The summed E-state index contributed by atoms with van der Waals surface area (Å²) in [4.78, 5) is 12.0. The Bertz CT molecular complexity index is 514. The predicted molar refractivity (Wildman–Crippen MR) is 86.3 cm³/mol. The lowest BCUT2D eigenvalue weighted by Crippen LogP contribution is -2.53. The molecule has 4 heteroatoms. The Balaban J connectivity index is 1.90. The lowest BCUT2D eigenvalue weighted by molar-refractivity contribution is 0.0243. The number of hydrogen-bond donors (Lipinski definition) is 2. The number of aliphatic hydroxyl groups is 1. The van der Waals surface area contributed by atoms with Crippen molar-refractivity contribution in [1.82, 2.24) is 5.32 Å². The van der Waals surface area contributed by atoms with Gasteiger partial charge >= 0.3 is 6.09 Å². The van der Waals surface area contributed by atoms with E-state index < -0.39 is 12.2 Å². The second-order valence-corrected chi connectivity index (χ2v) is 6.23. The van der Waals surface area contributed by atoms with Gasteiger partial charge in [0, 0.05) is 5.92 Å². The van der Waals surface area contributed by atoms with Crippen LogP contribution < -0.4 is 5.32 Å². The molecule has 1 amide bonds. The summed E-state index contributed by atoms with van der Waals surface area (Å²) in [6.07, 6.45) is 0.778. The van der Waals surface area contributed by atoms with Crippen LogP contribution in [0.3, 0.4) is 0 Å². The summed E-state index contributed by atoms with van der Waals surface area (Å²) in [7, 11) is 0. The van der Waals surface area contributed by atoms with E-state index in [0.717, 1.165) is 24.0 Å². The van der Waals surface area contributed by atoms with Crippen molar-refractivity contribution in [3.05, 3.63) is 48.0 Å². The van der Waals surface area contributed by atoms with Crippen LogP contribution in [0.2, 0.25) is 0 Å². The number of nitrogens with one attached hydrogen (secondary N) is 1. The van der Waals surface area contributed by atoms with E-state index in [1.165, 1.54) is 0 Å². The van der Waals surface area contributed by atoms with E-state index in [0.29, 0.717) is 0 Å². The second kappa shape index (κ2) is 7.45. The third kappa shape index (κ3) is 4.10. The van der Waals surface area contributed by atoms with Gasteiger partial charge in [-0.05, 0) is 31.2 Å². The first kappa shape index (κ1) is 16.6. The van der Waals surface area contributed by atoms with Crippen LogP contribution in [0.15, 0.2) is 42.5 Å². The molecule has 0 saturated heterocycles. The maximum atomic E-state index is 12.0. The summed E-state index contributed by atoms with van der Waals surface area (Å²) < 4.78 is 5.24. The molecule has 0 unspecified atom stereocenters. The average Bonchev–Trinajstić information content (AvgIpc) is 2.50. The van der Waals surface area contributed by atoms with Crippen LogP contribution in [0, 0.1) is 11.8 Å². The summed E-state index contributed by atoms with van der Waals surface area (Å²) in [5.41, 5.74) is 1.90. The highest BCUT2D eigenvalue weighted by Crippen LogP contribution is 2.33. The zero-order valence-electron chi connectivity index (χ0n) is 13.3. The first-order valence-electron chi connectivity index (χ1n) is 7.79. The molecule has 4 atom stereocenters. The Morgan fingerprint density at radius 1 is 1.36 bits per heavy atom. The van der Waals surface area contributed by atoms with E-state index in [9.17, 15) is 9.90 Å². The number of carbonyl (C=O) groups is 1. The number of aliphatic hydroxyl groups excluding tert-OH is 1. The van der Waals surface area contributed by atoms with Crippen molar-refractivity contribution in [2.24, 2.45) is 11.8 Å². The predicted octanol–water partition coefficient (Wildman–Crippen LogP) is 3.26. The van der Waals surface area contributed by atoms with Gasteiger partial charge < -0.3 is 15.2 Å². The van der Waals surface area contributed by atoms with Crippen LogP contribution in [0.1, 0.15) is 32.3 Å². The molecule has 0 radical (unpaired) electrons. The summed E-state index contributed by atoms with van der Waals surface area (Å²) in [5, 5.41) is 13.3. The molecule has 120 valence electrons. The zero-order chi connectivity index (χ0) is 16.1. The molecule has 0 spiro atoms. The first-order valence-corrected chi connectivity index (χ1v) is 7.79. The lowest BCUT2D eigenvalue weighted by Gasteiger charge is -2.39. The van der Waals surface area contributed by atoms with E-state index >= 15 is 0 Å². The van der Waals surface area contributed by atoms with Gasteiger partial charge in [-0.1, -0.05) is 49.4 Å². The first-order chi connectivity index (χ1) is 10.5. The number of ether oxygens (including phenoxy) is 1. The highest BCUT2D eigenvalue weighted by atomic mass is 16.5. The topological polar surface area (TPSA) is 58.6 Å². The summed E-state index contributed by atoms with van der Waals surface area (Å²) in [6, 6.07) is 9.24. The summed E-state index contributed by atoms with van der Waals surface area (Å²) in [6.45, 7) is 8.14. The molecule has 1 aromatic carbocycles.